The third-order valence-electron chi connectivity index (χ3n) is 2.28. The molecule has 1 unspecified atom stereocenters. The van der Waals surface area contributed by atoms with E-state index in [4.69, 9.17) is 10.5 Å². The predicted octanol–water partition coefficient (Wildman–Crippen LogP) is 0.750. The molecule has 0 saturated carbocycles. The number of aromatic nitrogens is 4. The number of pyridine rings is 1. The smallest absolute Gasteiger partial charge is 0.213 e. The van der Waals surface area contributed by atoms with Crippen LogP contribution in [0.2, 0.25) is 0 Å². The molecule has 0 spiro atoms. The third-order valence-corrected chi connectivity index (χ3v) is 2.28. The van der Waals surface area contributed by atoms with Crippen molar-refractivity contribution in [3.63, 3.8) is 0 Å². The summed E-state index contributed by atoms with van der Waals surface area (Å²) in [6.07, 6.45) is 1.65. The molecule has 2 N–H and O–H groups in total. The van der Waals surface area contributed by atoms with E-state index in [2.05, 4.69) is 15.1 Å². The van der Waals surface area contributed by atoms with Gasteiger partial charge in [0.1, 0.15) is 6.33 Å². The Labute approximate surface area is 99.4 Å². The van der Waals surface area contributed by atoms with E-state index in [9.17, 15) is 0 Å². The lowest BCUT2D eigenvalue weighted by Gasteiger charge is -2.03. The minimum absolute atomic E-state index is 0.158. The van der Waals surface area contributed by atoms with Gasteiger partial charge in [0.25, 0.3) is 0 Å². The highest BCUT2D eigenvalue weighted by Gasteiger charge is 2.06. The fraction of sp³-hybridized carbons (Fsp3) is 0.364. The number of ether oxygens (including phenoxy) is 1. The second-order valence-corrected chi connectivity index (χ2v) is 3.76. The summed E-state index contributed by atoms with van der Waals surface area (Å²) in [6.45, 7) is 2.40. The van der Waals surface area contributed by atoms with E-state index >= 15 is 0 Å². The van der Waals surface area contributed by atoms with E-state index in [1.165, 1.54) is 0 Å². The highest BCUT2D eigenvalue weighted by atomic mass is 16.5. The van der Waals surface area contributed by atoms with Crippen LogP contribution in [0.1, 0.15) is 24.5 Å². The Kier molecular flexibility index (Phi) is 3.34. The number of nitrogens with two attached hydrogens (primary N) is 1. The first-order valence-electron chi connectivity index (χ1n) is 5.34. The molecule has 2 aromatic rings. The van der Waals surface area contributed by atoms with E-state index < -0.39 is 0 Å². The monoisotopic (exact) mass is 233 g/mol. The molecule has 2 aromatic heterocycles. The summed E-state index contributed by atoms with van der Waals surface area (Å²) in [5.41, 5.74) is 6.56. The average molecular weight is 233 g/mol. The number of rotatable bonds is 4. The van der Waals surface area contributed by atoms with Crippen LogP contribution < -0.4 is 10.5 Å². The molecule has 0 radical (unpaired) electrons. The van der Waals surface area contributed by atoms with Gasteiger partial charge >= 0.3 is 0 Å². The van der Waals surface area contributed by atoms with Crippen molar-refractivity contribution >= 4 is 0 Å². The molecule has 1 atom stereocenters. The van der Waals surface area contributed by atoms with Crippen molar-refractivity contribution in [3.05, 3.63) is 36.0 Å². The zero-order chi connectivity index (χ0) is 12.3. The second-order valence-electron chi connectivity index (χ2n) is 3.76. The third kappa shape index (κ3) is 2.79. The largest absolute Gasteiger partial charge is 0.481 e. The van der Waals surface area contributed by atoms with Crippen molar-refractivity contribution in [2.24, 2.45) is 5.73 Å². The van der Waals surface area contributed by atoms with Crippen LogP contribution in [0.15, 0.2) is 24.5 Å². The zero-order valence-electron chi connectivity index (χ0n) is 9.87. The summed E-state index contributed by atoms with van der Waals surface area (Å²) in [5.74, 6) is 1.22. The van der Waals surface area contributed by atoms with Gasteiger partial charge in [-0.15, -0.1) is 0 Å². The maximum atomic E-state index is 5.69. The molecule has 90 valence electrons. The van der Waals surface area contributed by atoms with Gasteiger partial charge in [0, 0.05) is 6.07 Å². The quantitative estimate of drug-likeness (QED) is 0.843. The van der Waals surface area contributed by atoms with Gasteiger partial charge in [0.15, 0.2) is 5.82 Å². The van der Waals surface area contributed by atoms with Crippen molar-refractivity contribution in [2.45, 2.75) is 19.5 Å². The summed E-state index contributed by atoms with van der Waals surface area (Å²) in [5, 5.41) is 4.26. The van der Waals surface area contributed by atoms with Gasteiger partial charge < -0.3 is 10.5 Å². The molecule has 0 bridgehead atoms. The van der Waals surface area contributed by atoms with Crippen molar-refractivity contribution in [3.8, 4) is 5.88 Å². The summed E-state index contributed by atoms with van der Waals surface area (Å²) in [7, 11) is 1.59. The van der Waals surface area contributed by atoms with E-state index in [-0.39, 0.29) is 6.04 Å². The first-order valence-corrected chi connectivity index (χ1v) is 5.34. The molecule has 2 heterocycles. The number of methoxy groups -OCH3 is 1. The van der Waals surface area contributed by atoms with Crippen LogP contribution in [0.4, 0.5) is 0 Å². The minimum Gasteiger partial charge on any atom is -0.481 e. The lowest BCUT2D eigenvalue weighted by Crippen LogP contribution is -2.09. The van der Waals surface area contributed by atoms with Crippen LogP contribution >= 0.6 is 0 Å². The first kappa shape index (κ1) is 11.5. The predicted molar refractivity (Wildman–Crippen MR) is 62.5 cm³/mol. The molecule has 0 aliphatic carbocycles. The fourth-order valence-corrected chi connectivity index (χ4v) is 1.42. The molecule has 17 heavy (non-hydrogen) atoms. The van der Waals surface area contributed by atoms with E-state index in [1.807, 2.05) is 19.1 Å². The number of hydrogen-bond acceptors (Lipinski definition) is 5. The highest BCUT2D eigenvalue weighted by Crippen LogP contribution is 2.08. The van der Waals surface area contributed by atoms with E-state index in [1.54, 1.807) is 24.2 Å². The summed E-state index contributed by atoms with van der Waals surface area (Å²) < 4.78 is 6.77. The maximum Gasteiger partial charge on any atom is 0.213 e. The van der Waals surface area contributed by atoms with Gasteiger partial charge in [0.2, 0.25) is 5.88 Å². The zero-order valence-corrected chi connectivity index (χ0v) is 9.87. The first-order chi connectivity index (χ1) is 8.19. The highest BCUT2D eigenvalue weighted by molar-refractivity contribution is 5.15. The summed E-state index contributed by atoms with van der Waals surface area (Å²) in [6, 6.07) is 5.45. The second kappa shape index (κ2) is 4.92. The maximum absolute atomic E-state index is 5.69. The van der Waals surface area contributed by atoms with Crippen LogP contribution in [0, 0.1) is 0 Å². The molecule has 0 aromatic carbocycles. The molecule has 6 nitrogen and oxygen atoms in total. The Hall–Kier alpha value is -1.95. The van der Waals surface area contributed by atoms with Crippen LogP contribution in [0.25, 0.3) is 0 Å². The van der Waals surface area contributed by atoms with Gasteiger partial charge in [-0.3, -0.25) is 0 Å². The van der Waals surface area contributed by atoms with Crippen LogP contribution in [0.5, 0.6) is 5.88 Å². The Morgan fingerprint density at radius 3 is 2.94 bits per heavy atom. The molecule has 0 saturated heterocycles. The minimum atomic E-state index is -0.158. The lowest BCUT2D eigenvalue weighted by atomic mass is 10.3. The molecule has 6 heteroatoms. The van der Waals surface area contributed by atoms with Crippen LogP contribution in [-0.4, -0.2) is 26.9 Å². The van der Waals surface area contributed by atoms with Crippen molar-refractivity contribution in [2.75, 3.05) is 7.11 Å². The Morgan fingerprint density at radius 2 is 2.29 bits per heavy atom. The van der Waals surface area contributed by atoms with Gasteiger partial charge in [-0.05, 0) is 13.0 Å². The Balaban J connectivity index is 2.13. The summed E-state index contributed by atoms with van der Waals surface area (Å²) in [4.78, 5) is 8.42. The summed E-state index contributed by atoms with van der Waals surface area (Å²) >= 11 is 0. The molecule has 0 aliphatic heterocycles. The molecule has 2 rings (SSSR count). The van der Waals surface area contributed by atoms with E-state index in [0.29, 0.717) is 18.2 Å². The fourth-order valence-electron chi connectivity index (χ4n) is 1.42. The van der Waals surface area contributed by atoms with Crippen molar-refractivity contribution in [1.29, 1.82) is 0 Å². The van der Waals surface area contributed by atoms with E-state index in [0.717, 1.165) is 5.69 Å². The molecule has 0 amide bonds. The number of nitrogens with zero attached hydrogens (tertiary/aromatic N) is 4. The van der Waals surface area contributed by atoms with Crippen LogP contribution in [-0.2, 0) is 6.54 Å². The molecular formula is C11H15N5O. The van der Waals surface area contributed by atoms with Crippen LogP contribution in [0.3, 0.4) is 0 Å². The normalized spacial score (nSPS) is 12.4. The molecular weight excluding hydrogens is 218 g/mol. The van der Waals surface area contributed by atoms with Gasteiger partial charge in [-0.1, -0.05) is 6.07 Å². The average Bonchev–Trinajstić information content (AvgIpc) is 2.78. The van der Waals surface area contributed by atoms with Crippen molar-refractivity contribution < 1.29 is 4.74 Å². The SMILES string of the molecule is COc1cccc(Cn2cnc(C(C)N)n2)n1. The molecule has 0 aliphatic rings. The number of hydrogen-bond donors (Lipinski definition) is 1. The Bertz CT molecular complexity index is 494. The van der Waals surface area contributed by atoms with Gasteiger partial charge in [-0.25, -0.2) is 14.6 Å². The van der Waals surface area contributed by atoms with Gasteiger partial charge in [-0.2, -0.15) is 5.10 Å². The van der Waals surface area contributed by atoms with Gasteiger partial charge in [0.05, 0.1) is 25.4 Å². The lowest BCUT2D eigenvalue weighted by molar-refractivity contribution is 0.395. The Morgan fingerprint density at radius 1 is 1.47 bits per heavy atom. The topological polar surface area (TPSA) is 78.9 Å². The standard InChI is InChI=1S/C11H15N5O/c1-8(12)11-13-7-16(15-11)6-9-4-3-5-10(14-9)17-2/h3-5,7-8H,6,12H2,1-2H3. The molecule has 0 fully saturated rings. The van der Waals surface area contributed by atoms with Crippen molar-refractivity contribution in [1.82, 2.24) is 19.7 Å².